The Bertz CT molecular complexity index is 2800. The van der Waals surface area contributed by atoms with Crippen LogP contribution < -0.4 is 0 Å². The summed E-state index contributed by atoms with van der Waals surface area (Å²) in [5, 5.41) is 4.51. The second kappa shape index (κ2) is 11.4. The zero-order valence-electron chi connectivity index (χ0n) is 26.9. The molecule has 0 saturated heterocycles. The zero-order chi connectivity index (χ0) is 33.0. The third kappa shape index (κ3) is 4.60. The molecule has 5 nitrogen and oxygen atoms in total. The Kier molecular flexibility index (Phi) is 6.42. The predicted molar refractivity (Wildman–Crippen MR) is 203 cm³/mol. The van der Waals surface area contributed by atoms with E-state index in [0.717, 1.165) is 49.9 Å². The molecule has 50 heavy (non-hydrogen) atoms. The fraction of sp³-hybridized carbons (Fsp3) is 0. The van der Waals surface area contributed by atoms with Crippen LogP contribution in [-0.4, -0.2) is 19.5 Å². The van der Waals surface area contributed by atoms with Crippen LogP contribution >= 0.6 is 0 Å². The maximum absolute atomic E-state index is 6.63. The van der Waals surface area contributed by atoms with Gasteiger partial charge in [0.1, 0.15) is 11.2 Å². The van der Waals surface area contributed by atoms with Gasteiger partial charge < -0.3 is 8.98 Å². The van der Waals surface area contributed by atoms with E-state index in [-0.39, 0.29) is 0 Å². The van der Waals surface area contributed by atoms with Gasteiger partial charge >= 0.3 is 0 Å². The van der Waals surface area contributed by atoms with Gasteiger partial charge in [-0.3, -0.25) is 0 Å². The molecule has 234 valence electrons. The summed E-state index contributed by atoms with van der Waals surface area (Å²) in [6, 6.07) is 58.6. The lowest BCUT2D eigenvalue weighted by molar-refractivity contribution is 0.669. The number of rotatable bonds is 5. The summed E-state index contributed by atoms with van der Waals surface area (Å²) >= 11 is 0. The molecule has 0 bridgehead atoms. The summed E-state index contributed by atoms with van der Waals surface area (Å²) in [5.74, 6) is 1.78. The lowest BCUT2D eigenvalue weighted by Gasteiger charge is -2.09. The fourth-order valence-corrected chi connectivity index (χ4v) is 7.09. The third-order valence-electron chi connectivity index (χ3n) is 9.48. The van der Waals surface area contributed by atoms with Crippen molar-refractivity contribution >= 4 is 43.7 Å². The van der Waals surface area contributed by atoms with Gasteiger partial charge in [0, 0.05) is 38.4 Å². The molecule has 0 amide bonds. The molecular weight excluding hydrogens is 613 g/mol. The van der Waals surface area contributed by atoms with Crippen LogP contribution in [0.1, 0.15) is 0 Å². The van der Waals surface area contributed by atoms with Gasteiger partial charge in [-0.05, 0) is 47.5 Å². The first-order valence-corrected chi connectivity index (χ1v) is 16.7. The molecular formula is C45H28N4O. The third-order valence-corrected chi connectivity index (χ3v) is 9.48. The number of benzene rings is 7. The van der Waals surface area contributed by atoms with Crippen molar-refractivity contribution in [3.05, 3.63) is 170 Å². The van der Waals surface area contributed by atoms with Crippen molar-refractivity contribution in [2.75, 3.05) is 0 Å². The Hall–Kier alpha value is -6.85. The Balaban J connectivity index is 1.14. The van der Waals surface area contributed by atoms with Crippen LogP contribution in [0.3, 0.4) is 0 Å². The van der Waals surface area contributed by atoms with E-state index >= 15 is 0 Å². The number of para-hydroxylation sites is 3. The molecule has 0 N–H and O–H groups in total. The molecule has 5 heteroatoms. The molecule has 3 heterocycles. The number of furan rings is 1. The minimum Gasteiger partial charge on any atom is -0.455 e. The largest absolute Gasteiger partial charge is 0.455 e. The van der Waals surface area contributed by atoms with E-state index in [0.29, 0.717) is 17.5 Å². The van der Waals surface area contributed by atoms with E-state index in [9.17, 15) is 0 Å². The first kappa shape index (κ1) is 28.2. The van der Waals surface area contributed by atoms with Crippen LogP contribution in [0.5, 0.6) is 0 Å². The van der Waals surface area contributed by atoms with E-state index in [1.54, 1.807) is 0 Å². The van der Waals surface area contributed by atoms with Crippen molar-refractivity contribution in [3.63, 3.8) is 0 Å². The molecule has 0 unspecified atom stereocenters. The molecule has 0 atom stereocenters. The van der Waals surface area contributed by atoms with Crippen LogP contribution in [0.15, 0.2) is 174 Å². The van der Waals surface area contributed by atoms with Crippen molar-refractivity contribution in [2.24, 2.45) is 0 Å². The van der Waals surface area contributed by atoms with Gasteiger partial charge in [0.25, 0.3) is 0 Å². The van der Waals surface area contributed by atoms with Crippen LogP contribution in [0.2, 0.25) is 0 Å². The minimum atomic E-state index is 0.563. The molecule has 10 rings (SSSR count). The highest BCUT2D eigenvalue weighted by atomic mass is 16.3. The second-order valence-corrected chi connectivity index (χ2v) is 12.5. The predicted octanol–water partition coefficient (Wildman–Crippen LogP) is 11.5. The Labute approximate surface area is 287 Å². The zero-order valence-corrected chi connectivity index (χ0v) is 26.9. The minimum absolute atomic E-state index is 0.563. The summed E-state index contributed by atoms with van der Waals surface area (Å²) in [6.07, 6.45) is 0. The topological polar surface area (TPSA) is 56.7 Å². The van der Waals surface area contributed by atoms with Gasteiger partial charge in [-0.25, -0.2) is 15.0 Å². The summed E-state index contributed by atoms with van der Waals surface area (Å²) in [4.78, 5) is 15.0. The van der Waals surface area contributed by atoms with E-state index < -0.39 is 0 Å². The van der Waals surface area contributed by atoms with Gasteiger partial charge in [0.05, 0.1) is 16.6 Å². The first-order chi connectivity index (χ1) is 24.8. The molecule has 7 aromatic carbocycles. The molecule has 0 aliphatic heterocycles. The van der Waals surface area contributed by atoms with Gasteiger partial charge in [-0.2, -0.15) is 0 Å². The average Bonchev–Trinajstić information content (AvgIpc) is 3.74. The fourth-order valence-electron chi connectivity index (χ4n) is 7.09. The smallest absolute Gasteiger partial charge is 0.167 e. The van der Waals surface area contributed by atoms with E-state index in [4.69, 9.17) is 19.4 Å². The van der Waals surface area contributed by atoms with Crippen LogP contribution in [0.4, 0.5) is 0 Å². The molecule has 0 spiro atoms. The van der Waals surface area contributed by atoms with Gasteiger partial charge in [0.2, 0.25) is 0 Å². The van der Waals surface area contributed by atoms with E-state index in [1.165, 1.54) is 27.4 Å². The first-order valence-electron chi connectivity index (χ1n) is 16.7. The highest BCUT2D eigenvalue weighted by Crippen LogP contribution is 2.38. The summed E-state index contributed by atoms with van der Waals surface area (Å²) in [7, 11) is 0. The van der Waals surface area contributed by atoms with Crippen LogP contribution in [0.25, 0.3) is 94.7 Å². The molecule has 0 saturated carbocycles. The van der Waals surface area contributed by atoms with E-state index in [1.807, 2.05) is 42.5 Å². The maximum Gasteiger partial charge on any atom is 0.167 e. The van der Waals surface area contributed by atoms with Crippen LogP contribution in [0, 0.1) is 0 Å². The van der Waals surface area contributed by atoms with E-state index in [2.05, 4.69) is 132 Å². The van der Waals surface area contributed by atoms with Crippen molar-refractivity contribution in [1.29, 1.82) is 0 Å². The molecule has 10 aromatic rings. The number of hydrogen-bond donors (Lipinski definition) is 0. The summed E-state index contributed by atoms with van der Waals surface area (Å²) in [6.45, 7) is 0. The molecule has 0 aliphatic rings. The van der Waals surface area contributed by atoms with Crippen LogP contribution in [-0.2, 0) is 0 Å². The second-order valence-electron chi connectivity index (χ2n) is 12.5. The Morgan fingerprint density at radius 1 is 0.380 bits per heavy atom. The highest BCUT2D eigenvalue weighted by Gasteiger charge is 2.19. The number of fused-ring (bicyclic) bond motifs is 6. The molecule has 0 radical (unpaired) electrons. The Morgan fingerprint density at radius 3 is 1.58 bits per heavy atom. The molecule has 3 aromatic heterocycles. The Morgan fingerprint density at radius 2 is 0.900 bits per heavy atom. The average molecular weight is 641 g/mol. The molecule has 0 fully saturated rings. The van der Waals surface area contributed by atoms with Crippen molar-refractivity contribution in [1.82, 2.24) is 19.5 Å². The highest BCUT2D eigenvalue weighted by molar-refractivity contribution is 6.12. The number of hydrogen-bond acceptors (Lipinski definition) is 4. The maximum atomic E-state index is 6.63. The summed E-state index contributed by atoms with van der Waals surface area (Å²) in [5.41, 5.74) is 9.94. The van der Waals surface area contributed by atoms with Gasteiger partial charge in [-0.15, -0.1) is 0 Å². The lowest BCUT2D eigenvalue weighted by Crippen LogP contribution is -2.00. The van der Waals surface area contributed by atoms with Gasteiger partial charge in [-0.1, -0.05) is 133 Å². The van der Waals surface area contributed by atoms with Crippen molar-refractivity contribution in [2.45, 2.75) is 0 Å². The number of aromatic nitrogens is 4. The molecule has 0 aliphatic carbocycles. The SMILES string of the molecule is c1ccc(-c2ccc(-c3nc(-c4ccccc4)nc(-c4cccc5c4oc4ccc(-n6c7ccccc7c7ccccc76)cc45)n3)cc2)cc1. The normalized spacial score (nSPS) is 11.6. The lowest BCUT2D eigenvalue weighted by atomic mass is 10.0. The number of nitrogens with zero attached hydrogens (tertiary/aromatic N) is 4. The standard InChI is InChI=1S/C45H28N4O/c1-3-12-29(13-4-1)30-22-24-32(25-23-30)44-46-43(31-14-5-2-6-15-31)47-45(48-44)37-19-11-18-36-38-28-33(26-27-41(38)50-42(36)37)49-39-20-9-7-16-34(39)35-17-8-10-21-40(35)49/h1-28H. The van der Waals surface area contributed by atoms with Crippen molar-refractivity contribution < 1.29 is 4.42 Å². The summed E-state index contributed by atoms with van der Waals surface area (Å²) < 4.78 is 8.97. The van der Waals surface area contributed by atoms with Crippen molar-refractivity contribution in [3.8, 4) is 51.0 Å². The van der Waals surface area contributed by atoms with Gasteiger partial charge in [0.15, 0.2) is 17.5 Å². The quantitative estimate of drug-likeness (QED) is 0.188. The monoisotopic (exact) mass is 640 g/mol.